The molecule has 146 valence electrons. The molecule has 0 saturated carbocycles. The molecule has 0 aromatic heterocycles. The van der Waals surface area contributed by atoms with E-state index in [-0.39, 0.29) is 24.0 Å². The molecule has 28 heavy (non-hydrogen) atoms. The first-order valence-electron chi connectivity index (χ1n) is 9.44. The van der Waals surface area contributed by atoms with Gasteiger partial charge in [-0.25, -0.2) is 5.43 Å². The summed E-state index contributed by atoms with van der Waals surface area (Å²) in [6.45, 7) is 2.12. The Bertz CT molecular complexity index is 897. The summed E-state index contributed by atoms with van der Waals surface area (Å²) in [6.07, 6.45) is 2.40. The van der Waals surface area contributed by atoms with Gasteiger partial charge in [-0.2, -0.15) is 0 Å². The van der Waals surface area contributed by atoms with Crippen LogP contribution in [0.1, 0.15) is 18.1 Å². The first-order valence-corrected chi connectivity index (χ1v) is 9.44. The monoisotopic (exact) mass is 379 g/mol. The van der Waals surface area contributed by atoms with Gasteiger partial charge in [-0.05, 0) is 37.1 Å². The lowest BCUT2D eigenvalue weighted by Crippen LogP contribution is -2.53. The second kappa shape index (κ2) is 7.56. The van der Waals surface area contributed by atoms with Crippen molar-refractivity contribution in [2.45, 2.75) is 25.6 Å². The van der Waals surface area contributed by atoms with Crippen molar-refractivity contribution >= 4 is 11.6 Å². The summed E-state index contributed by atoms with van der Waals surface area (Å²) in [5.41, 5.74) is 6.27. The lowest BCUT2D eigenvalue weighted by molar-refractivity contribution is -0.131. The maximum Gasteiger partial charge on any atom is 0.264 e. The number of ether oxygens (including phenoxy) is 2. The minimum absolute atomic E-state index is 0.0454. The zero-order chi connectivity index (χ0) is 19.7. The fraction of sp³-hybridized carbons (Fsp3) is 0.318. The lowest BCUT2D eigenvalue weighted by atomic mass is 9.91. The molecule has 2 heterocycles. The van der Waals surface area contributed by atoms with E-state index >= 15 is 0 Å². The fourth-order valence-corrected chi connectivity index (χ4v) is 3.97. The van der Waals surface area contributed by atoms with Crippen molar-refractivity contribution in [1.29, 1.82) is 0 Å². The third-order valence-corrected chi connectivity index (χ3v) is 5.49. The zero-order valence-corrected chi connectivity index (χ0v) is 16.3. The van der Waals surface area contributed by atoms with E-state index in [2.05, 4.69) is 41.9 Å². The molecule has 4 rings (SSSR count). The van der Waals surface area contributed by atoms with Crippen molar-refractivity contribution in [1.82, 2.24) is 15.8 Å². The van der Waals surface area contributed by atoms with Gasteiger partial charge in [-0.1, -0.05) is 30.3 Å². The summed E-state index contributed by atoms with van der Waals surface area (Å²) in [6, 6.07) is 16.2. The summed E-state index contributed by atoms with van der Waals surface area (Å²) in [7, 11) is 3.21. The van der Waals surface area contributed by atoms with E-state index in [0.29, 0.717) is 11.5 Å². The quantitative estimate of drug-likeness (QED) is 0.836. The molecule has 0 radical (unpaired) electrons. The van der Waals surface area contributed by atoms with Crippen molar-refractivity contribution in [2.75, 3.05) is 14.2 Å². The molecule has 3 unspecified atom stereocenters. The summed E-state index contributed by atoms with van der Waals surface area (Å²) >= 11 is 0. The van der Waals surface area contributed by atoms with Crippen molar-refractivity contribution in [3.8, 4) is 11.5 Å². The van der Waals surface area contributed by atoms with Gasteiger partial charge >= 0.3 is 0 Å². The number of carbonyl (C=O) groups excluding carboxylic acids is 1. The van der Waals surface area contributed by atoms with Crippen molar-refractivity contribution in [2.24, 2.45) is 5.92 Å². The summed E-state index contributed by atoms with van der Waals surface area (Å²) in [5, 5.41) is 5.27. The number of amides is 1. The third-order valence-electron chi connectivity index (χ3n) is 5.49. The number of fused-ring (bicyclic) bond motifs is 1. The van der Waals surface area contributed by atoms with E-state index in [9.17, 15) is 4.79 Å². The van der Waals surface area contributed by atoms with E-state index in [0.717, 1.165) is 17.7 Å². The highest BCUT2D eigenvalue weighted by molar-refractivity contribution is 5.96. The van der Waals surface area contributed by atoms with Crippen molar-refractivity contribution in [3.63, 3.8) is 0 Å². The number of rotatable bonds is 5. The number of carbonyl (C=O) groups is 1. The number of methoxy groups -OCH3 is 2. The number of benzene rings is 2. The van der Waals surface area contributed by atoms with E-state index in [1.54, 1.807) is 25.3 Å². The number of hydrogen-bond acceptors (Lipinski definition) is 5. The van der Waals surface area contributed by atoms with E-state index in [4.69, 9.17) is 9.47 Å². The van der Waals surface area contributed by atoms with E-state index in [1.807, 2.05) is 24.3 Å². The normalized spacial score (nSPS) is 23.7. The third kappa shape index (κ3) is 3.31. The molecule has 2 aliphatic rings. The average Bonchev–Trinajstić information content (AvgIpc) is 3.04. The Balaban J connectivity index is 1.61. The lowest BCUT2D eigenvalue weighted by Gasteiger charge is -2.33. The van der Waals surface area contributed by atoms with Gasteiger partial charge < -0.3 is 14.8 Å². The van der Waals surface area contributed by atoms with Gasteiger partial charge in [0.1, 0.15) is 6.17 Å². The van der Waals surface area contributed by atoms with Crippen molar-refractivity contribution < 1.29 is 14.3 Å². The highest BCUT2D eigenvalue weighted by Crippen LogP contribution is 2.33. The zero-order valence-electron chi connectivity index (χ0n) is 16.3. The molecule has 2 N–H and O–H groups in total. The van der Waals surface area contributed by atoms with Crippen molar-refractivity contribution in [3.05, 3.63) is 65.7 Å². The standard InChI is InChI=1S/C22H25N3O3/c1-14-17(11-15-7-5-4-6-8-15)22-23-18(13-21(26)25(22)24-14)16-9-10-19(27-2)20(12-16)28-3/h4-10,12-14,17,22-24H,11H2,1-3H3. The van der Waals surface area contributed by atoms with Crippen LogP contribution < -0.4 is 20.2 Å². The minimum atomic E-state index is -0.115. The Labute approximate surface area is 165 Å². The number of hydrazine groups is 1. The van der Waals surface area contributed by atoms with Crippen LogP contribution in [0.3, 0.4) is 0 Å². The highest BCUT2D eigenvalue weighted by atomic mass is 16.5. The van der Waals surface area contributed by atoms with Crippen LogP contribution in [0.2, 0.25) is 0 Å². The summed E-state index contributed by atoms with van der Waals surface area (Å²) < 4.78 is 10.7. The maximum atomic E-state index is 12.8. The van der Waals surface area contributed by atoms with Gasteiger partial charge in [0.2, 0.25) is 0 Å². The summed E-state index contributed by atoms with van der Waals surface area (Å²) in [5.74, 6) is 1.50. The second-order valence-corrected chi connectivity index (χ2v) is 7.20. The van der Waals surface area contributed by atoms with Crippen LogP contribution in [0.25, 0.3) is 5.70 Å². The van der Waals surface area contributed by atoms with Gasteiger partial charge in [-0.15, -0.1) is 0 Å². The molecule has 0 bridgehead atoms. The smallest absolute Gasteiger partial charge is 0.264 e. The predicted molar refractivity (Wildman–Crippen MR) is 108 cm³/mol. The van der Waals surface area contributed by atoms with Gasteiger partial charge in [0.25, 0.3) is 5.91 Å². The first kappa shape index (κ1) is 18.4. The van der Waals surface area contributed by atoms with Crippen LogP contribution in [0.15, 0.2) is 54.6 Å². The second-order valence-electron chi connectivity index (χ2n) is 7.20. The topological polar surface area (TPSA) is 62.8 Å². The van der Waals surface area contributed by atoms with E-state index in [1.165, 1.54) is 5.56 Å². The van der Waals surface area contributed by atoms with Crippen LogP contribution in [-0.2, 0) is 11.2 Å². The largest absolute Gasteiger partial charge is 0.493 e. The molecule has 0 spiro atoms. The Morgan fingerprint density at radius 1 is 1.04 bits per heavy atom. The Kier molecular flexibility index (Phi) is 4.96. The van der Waals surface area contributed by atoms with Gasteiger partial charge in [0.05, 0.1) is 14.2 Å². The van der Waals surface area contributed by atoms with Gasteiger partial charge in [0, 0.05) is 29.3 Å². The Morgan fingerprint density at radius 2 is 1.79 bits per heavy atom. The molecular formula is C22H25N3O3. The molecular weight excluding hydrogens is 354 g/mol. The van der Waals surface area contributed by atoms with Crippen LogP contribution >= 0.6 is 0 Å². The molecule has 6 nitrogen and oxygen atoms in total. The fourth-order valence-electron chi connectivity index (χ4n) is 3.97. The molecule has 2 aliphatic heterocycles. The molecule has 1 amide bonds. The van der Waals surface area contributed by atoms with Gasteiger partial charge in [-0.3, -0.25) is 9.80 Å². The number of nitrogens with zero attached hydrogens (tertiary/aromatic N) is 1. The molecule has 2 aromatic rings. The Morgan fingerprint density at radius 3 is 2.50 bits per heavy atom. The van der Waals surface area contributed by atoms with Crippen LogP contribution in [0, 0.1) is 5.92 Å². The number of hydrogen-bond donors (Lipinski definition) is 2. The molecule has 0 aliphatic carbocycles. The van der Waals surface area contributed by atoms with Crippen LogP contribution in [-0.4, -0.2) is 37.3 Å². The first-order chi connectivity index (χ1) is 13.6. The molecule has 6 heteroatoms. The maximum absolute atomic E-state index is 12.8. The van der Waals surface area contributed by atoms with Crippen LogP contribution in [0.4, 0.5) is 0 Å². The molecule has 2 aromatic carbocycles. The Hall–Kier alpha value is -2.99. The molecule has 1 fully saturated rings. The SMILES string of the molecule is COc1ccc(C2=CC(=O)N3NC(C)C(Cc4ccccc4)C3N2)cc1OC. The van der Waals surface area contributed by atoms with Gasteiger partial charge in [0.15, 0.2) is 11.5 Å². The van der Waals surface area contributed by atoms with Crippen LogP contribution in [0.5, 0.6) is 11.5 Å². The van der Waals surface area contributed by atoms with E-state index < -0.39 is 0 Å². The molecule has 1 saturated heterocycles. The minimum Gasteiger partial charge on any atom is -0.493 e. The molecule has 3 atom stereocenters. The summed E-state index contributed by atoms with van der Waals surface area (Å²) in [4.78, 5) is 12.8. The highest BCUT2D eigenvalue weighted by Gasteiger charge is 2.43. The average molecular weight is 379 g/mol. The number of nitrogens with one attached hydrogen (secondary N) is 2. The predicted octanol–water partition coefficient (Wildman–Crippen LogP) is 2.57.